The van der Waals surface area contributed by atoms with Gasteiger partial charge < -0.3 is 25.2 Å². The zero-order chi connectivity index (χ0) is 20.8. The number of aliphatic hydroxyl groups is 1. The molecule has 9 nitrogen and oxygen atoms in total. The van der Waals surface area contributed by atoms with Gasteiger partial charge in [0.15, 0.2) is 0 Å². The van der Waals surface area contributed by atoms with Gasteiger partial charge in [-0.25, -0.2) is 9.59 Å². The summed E-state index contributed by atoms with van der Waals surface area (Å²) in [6, 6.07) is 8.75. The van der Waals surface area contributed by atoms with Crippen LogP contribution in [0.4, 0.5) is 4.79 Å². The van der Waals surface area contributed by atoms with E-state index in [0.29, 0.717) is 19.3 Å². The van der Waals surface area contributed by atoms with E-state index in [1.165, 1.54) is 7.11 Å². The zero-order valence-electron chi connectivity index (χ0n) is 15.7. The van der Waals surface area contributed by atoms with E-state index in [2.05, 4.69) is 15.4 Å². The third-order valence-electron chi connectivity index (χ3n) is 3.84. The molecule has 0 saturated carbocycles. The number of nitrogens with zero attached hydrogens (tertiary/aromatic N) is 1. The maximum atomic E-state index is 12.3. The Bertz CT molecular complexity index is 674. The van der Waals surface area contributed by atoms with Crippen LogP contribution in [-0.4, -0.2) is 48.9 Å². The lowest BCUT2D eigenvalue weighted by molar-refractivity contribution is -0.145. The van der Waals surface area contributed by atoms with E-state index in [1.54, 1.807) is 24.3 Å². The summed E-state index contributed by atoms with van der Waals surface area (Å²) in [5.74, 6) is -1.39. The molecule has 0 saturated heterocycles. The number of nitriles is 1. The van der Waals surface area contributed by atoms with Crippen molar-refractivity contribution in [2.75, 3.05) is 13.7 Å². The Labute approximate surface area is 163 Å². The molecule has 0 aliphatic heterocycles. The first kappa shape index (κ1) is 22.9. The fraction of sp³-hybridized carbons (Fsp3) is 0.474. The number of benzene rings is 1. The van der Waals surface area contributed by atoms with Crippen LogP contribution >= 0.6 is 0 Å². The fourth-order valence-electron chi connectivity index (χ4n) is 2.32. The Hall–Kier alpha value is -3.12. The second-order valence-electron chi connectivity index (χ2n) is 5.93. The number of unbranched alkanes of at least 4 members (excludes halogenated alkanes) is 2. The number of methoxy groups -OCH3 is 1. The van der Waals surface area contributed by atoms with Gasteiger partial charge in [0, 0.05) is 6.42 Å². The molecule has 1 rings (SSSR count). The van der Waals surface area contributed by atoms with Gasteiger partial charge in [-0.15, -0.1) is 0 Å². The number of alkyl carbamates (subject to hydrolysis) is 1. The van der Waals surface area contributed by atoms with Gasteiger partial charge in [0.1, 0.15) is 18.7 Å². The Morgan fingerprint density at radius 1 is 1.14 bits per heavy atom. The molecule has 0 aromatic heterocycles. The van der Waals surface area contributed by atoms with Crippen LogP contribution in [0.25, 0.3) is 0 Å². The van der Waals surface area contributed by atoms with Gasteiger partial charge in [-0.1, -0.05) is 30.3 Å². The molecule has 0 aliphatic carbocycles. The van der Waals surface area contributed by atoms with Gasteiger partial charge in [0.05, 0.1) is 19.8 Å². The highest BCUT2D eigenvalue weighted by Gasteiger charge is 2.27. The van der Waals surface area contributed by atoms with Crippen LogP contribution in [0.15, 0.2) is 30.3 Å². The minimum Gasteiger partial charge on any atom is -0.467 e. The molecule has 0 heterocycles. The van der Waals surface area contributed by atoms with Gasteiger partial charge in [-0.3, -0.25) is 4.79 Å². The molecular weight excluding hydrogens is 366 g/mol. The van der Waals surface area contributed by atoms with E-state index in [1.807, 2.05) is 12.1 Å². The van der Waals surface area contributed by atoms with E-state index in [0.717, 1.165) is 5.56 Å². The van der Waals surface area contributed by atoms with Crippen molar-refractivity contribution < 1.29 is 29.0 Å². The van der Waals surface area contributed by atoms with Crippen molar-refractivity contribution >= 4 is 18.0 Å². The zero-order valence-corrected chi connectivity index (χ0v) is 15.7. The number of carbonyl (C=O) groups is 3. The van der Waals surface area contributed by atoms with E-state index in [-0.39, 0.29) is 13.0 Å². The second-order valence-corrected chi connectivity index (χ2v) is 5.93. The normalized spacial score (nSPS) is 12.2. The average Bonchev–Trinajstić information content (AvgIpc) is 2.72. The summed E-state index contributed by atoms with van der Waals surface area (Å²) >= 11 is 0. The lowest BCUT2D eigenvalue weighted by atomic mass is 10.1. The molecule has 1 aromatic carbocycles. The van der Waals surface area contributed by atoms with Crippen LogP contribution < -0.4 is 10.6 Å². The van der Waals surface area contributed by atoms with E-state index in [9.17, 15) is 19.5 Å². The molecule has 0 unspecified atom stereocenters. The summed E-state index contributed by atoms with van der Waals surface area (Å²) in [5, 5.41) is 22.7. The quantitative estimate of drug-likeness (QED) is 0.378. The van der Waals surface area contributed by atoms with Crippen molar-refractivity contribution in [2.45, 2.75) is 44.4 Å². The number of rotatable bonds is 11. The Balaban J connectivity index is 2.54. The smallest absolute Gasteiger partial charge is 0.408 e. The minimum atomic E-state index is -1.28. The number of ether oxygens (including phenoxy) is 2. The molecule has 2 atom stereocenters. The standard InChI is InChI=1S/C19H25N3O6/c1-27-18(25)15(10-6-3-7-11-20)21-17(24)16(12-23)22-19(26)28-13-14-8-4-2-5-9-14/h2,4-5,8-9,15-16,23H,3,6-7,10,12-13H2,1H3,(H,21,24)(H,22,26)/t15-,16+/m1/s1. The number of aliphatic hydroxyl groups excluding tert-OH is 1. The minimum absolute atomic E-state index is 0.0100. The summed E-state index contributed by atoms with van der Waals surface area (Å²) in [7, 11) is 1.19. The van der Waals surface area contributed by atoms with E-state index >= 15 is 0 Å². The molecule has 0 bridgehead atoms. The summed E-state index contributed by atoms with van der Waals surface area (Å²) < 4.78 is 9.67. The van der Waals surface area contributed by atoms with Gasteiger partial charge >= 0.3 is 12.1 Å². The van der Waals surface area contributed by atoms with Crippen LogP contribution in [-0.2, 0) is 25.7 Å². The second kappa shape index (κ2) is 13.1. The molecular formula is C19H25N3O6. The van der Waals surface area contributed by atoms with E-state index < -0.39 is 36.7 Å². The maximum Gasteiger partial charge on any atom is 0.408 e. The highest BCUT2D eigenvalue weighted by atomic mass is 16.5. The molecule has 28 heavy (non-hydrogen) atoms. The highest BCUT2D eigenvalue weighted by molar-refractivity contribution is 5.89. The maximum absolute atomic E-state index is 12.3. The highest BCUT2D eigenvalue weighted by Crippen LogP contribution is 2.06. The topological polar surface area (TPSA) is 138 Å². The first-order chi connectivity index (χ1) is 13.5. The van der Waals surface area contributed by atoms with Crippen molar-refractivity contribution in [3.05, 3.63) is 35.9 Å². The summed E-state index contributed by atoms with van der Waals surface area (Å²) in [4.78, 5) is 36.0. The van der Waals surface area contributed by atoms with Crippen LogP contribution in [0.3, 0.4) is 0 Å². The molecule has 2 amide bonds. The molecule has 0 spiro atoms. The predicted molar refractivity (Wildman–Crippen MR) is 98.7 cm³/mol. The Morgan fingerprint density at radius 3 is 2.46 bits per heavy atom. The fourth-order valence-corrected chi connectivity index (χ4v) is 2.32. The van der Waals surface area contributed by atoms with E-state index in [4.69, 9.17) is 10.00 Å². The Kier molecular flexibility index (Phi) is 10.7. The van der Waals surface area contributed by atoms with Crippen molar-refractivity contribution in [1.82, 2.24) is 10.6 Å². The largest absolute Gasteiger partial charge is 0.467 e. The van der Waals surface area contributed by atoms with Gasteiger partial charge in [-0.05, 0) is 24.8 Å². The van der Waals surface area contributed by atoms with Crippen molar-refractivity contribution in [2.24, 2.45) is 0 Å². The summed E-state index contributed by atoms with van der Waals surface area (Å²) in [5.41, 5.74) is 0.769. The van der Waals surface area contributed by atoms with Gasteiger partial charge in [0.2, 0.25) is 5.91 Å². The number of amides is 2. The van der Waals surface area contributed by atoms with Crippen LogP contribution in [0.1, 0.15) is 31.2 Å². The lowest BCUT2D eigenvalue weighted by Crippen LogP contribution is -2.53. The molecule has 152 valence electrons. The molecule has 3 N–H and O–H groups in total. The number of hydrogen-bond acceptors (Lipinski definition) is 7. The number of nitrogens with one attached hydrogen (secondary N) is 2. The van der Waals surface area contributed by atoms with Crippen LogP contribution in [0.2, 0.25) is 0 Å². The monoisotopic (exact) mass is 391 g/mol. The molecule has 9 heteroatoms. The molecule has 0 radical (unpaired) electrons. The van der Waals surface area contributed by atoms with Crippen molar-refractivity contribution in [3.63, 3.8) is 0 Å². The number of carbonyl (C=O) groups excluding carboxylic acids is 3. The SMILES string of the molecule is COC(=O)[C@@H](CCCCC#N)NC(=O)[C@H](CO)NC(=O)OCc1ccccc1. The van der Waals surface area contributed by atoms with Crippen molar-refractivity contribution in [1.29, 1.82) is 5.26 Å². The number of esters is 1. The van der Waals surface area contributed by atoms with Crippen LogP contribution in [0.5, 0.6) is 0 Å². The first-order valence-corrected chi connectivity index (χ1v) is 8.85. The molecule has 0 fully saturated rings. The third-order valence-corrected chi connectivity index (χ3v) is 3.84. The predicted octanol–water partition coefficient (Wildman–Crippen LogP) is 1.02. The summed E-state index contributed by atoms with van der Waals surface area (Å²) in [6.07, 6.45) is 0.853. The lowest BCUT2D eigenvalue weighted by Gasteiger charge is -2.20. The van der Waals surface area contributed by atoms with Gasteiger partial charge in [-0.2, -0.15) is 5.26 Å². The van der Waals surface area contributed by atoms with Crippen molar-refractivity contribution in [3.8, 4) is 6.07 Å². The summed E-state index contributed by atoms with van der Waals surface area (Å²) in [6.45, 7) is -0.662. The van der Waals surface area contributed by atoms with Crippen LogP contribution in [0, 0.1) is 11.3 Å². The molecule has 1 aromatic rings. The van der Waals surface area contributed by atoms with Gasteiger partial charge in [0.25, 0.3) is 0 Å². The third kappa shape index (κ3) is 8.51. The Morgan fingerprint density at radius 2 is 1.86 bits per heavy atom. The first-order valence-electron chi connectivity index (χ1n) is 8.85. The number of hydrogen-bond donors (Lipinski definition) is 3. The molecule has 0 aliphatic rings. The average molecular weight is 391 g/mol.